The maximum absolute atomic E-state index is 12.5. The Kier molecular flexibility index (Phi) is 4.69. The van der Waals surface area contributed by atoms with Gasteiger partial charge in [-0.2, -0.15) is 0 Å². The zero-order chi connectivity index (χ0) is 15.6. The Bertz CT molecular complexity index is 439. The van der Waals surface area contributed by atoms with E-state index in [4.69, 9.17) is 0 Å². The van der Waals surface area contributed by atoms with Gasteiger partial charge in [-0.25, -0.2) is 4.79 Å². The Morgan fingerprint density at radius 1 is 1.24 bits per heavy atom. The van der Waals surface area contributed by atoms with E-state index in [1.165, 1.54) is 7.11 Å². The highest BCUT2D eigenvalue weighted by Crippen LogP contribution is 2.38. The van der Waals surface area contributed by atoms with Crippen LogP contribution in [0.4, 0.5) is 4.79 Å². The molecule has 7 nitrogen and oxygen atoms in total. The number of carboxylic acids is 1. The summed E-state index contributed by atoms with van der Waals surface area (Å²) in [5, 5.41) is 11.9. The molecule has 0 spiro atoms. The van der Waals surface area contributed by atoms with Gasteiger partial charge in [0.1, 0.15) is 0 Å². The van der Waals surface area contributed by atoms with E-state index in [0.29, 0.717) is 32.4 Å². The number of aliphatic carboxylic acids is 1. The van der Waals surface area contributed by atoms with Gasteiger partial charge in [-0.15, -0.1) is 0 Å². The predicted octanol–water partition coefficient (Wildman–Crippen LogP) is 0.690. The summed E-state index contributed by atoms with van der Waals surface area (Å²) in [6, 6.07) is -0.122. The van der Waals surface area contributed by atoms with Crippen molar-refractivity contribution in [2.45, 2.75) is 32.2 Å². The van der Waals surface area contributed by atoms with Crippen LogP contribution in [0.1, 0.15) is 26.2 Å². The minimum Gasteiger partial charge on any atom is -0.481 e. The fraction of sp³-hybridized carbons (Fsp3) is 0.786. The number of alkyl carbamates (subject to hydrolysis) is 1. The van der Waals surface area contributed by atoms with Gasteiger partial charge < -0.3 is 20.1 Å². The lowest BCUT2D eigenvalue weighted by Gasteiger charge is -2.23. The maximum atomic E-state index is 12.5. The second-order valence-corrected chi connectivity index (χ2v) is 6.03. The van der Waals surface area contributed by atoms with Gasteiger partial charge in [0.25, 0.3) is 0 Å². The maximum Gasteiger partial charge on any atom is 0.407 e. The van der Waals surface area contributed by atoms with Crippen LogP contribution in [0.2, 0.25) is 0 Å². The van der Waals surface area contributed by atoms with Gasteiger partial charge in [0.05, 0.1) is 25.0 Å². The van der Waals surface area contributed by atoms with Crippen LogP contribution >= 0.6 is 0 Å². The molecule has 0 bridgehead atoms. The number of ether oxygens (including phenoxy) is 1. The molecule has 0 aromatic rings. The average molecular weight is 298 g/mol. The minimum absolute atomic E-state index is 0.0964. The first-order valence-corrected chi connectivity index (χ1v) is 7.28. The second-order valence-electron chi connectivity index (χ2n) is 6.03. The number of likely N-dealkylation sites (tertiary alicyclic amines) is 1. The summed E-state index contributed by atoms with van der Waals surface area (Å²) in [5.41, 5.74) is 0. The number of methoxy groups -OCH3 is 1. The molecule has 2 aliphatic rings. The van der Waals surface area contributed by atoms with Gasteiger partial charge in [0.15, 0.2) is 0 Å². The largest absolute Gasteiger partial charge is 0.481 e. The quantitative estimate of drug-likeness (QED) is 0.799. The zero-order valence-corrected chi connectivity index (χ0v) is 12.4. The zero-order valence-electron chi connectivity index (χ0n) is 12.4. The molecule has 21 heavy (non-hydrogen) atoms. The van der Waals surface area contributed by atoms with Crippen LogP contribution in [0.3, 0.4) is 0 Å². The molecule has 0 radical (unpaired) electrons. The van der Waals surface area contributed by atoms with Crippen LogP contribution in [-0.2, 0) is 14.3 Å². The summed E-state index contributed by atoms with van der Waals surface area (Å²) in [5.74, 6) is -1.75. The molecule has 118 valence electrons. The number of amides is 2. The lowest BCUT2D eigenvalue weighted by Crippen LogP contribution is -2.41. The molecule has 2 amide bonds. The van der Waals surface area contributed by atoms with Gasteiger partial charge in [0, 0.05) is 13.1 Å². The second kappa shape index (κ2) is 6.32. The first-order chi connectivity index (χ1) is 9.92. The summed E-state index contributed by atoms with van der Waals surface area (Å²) in [6.07, 6.45) is 1.35. The van der Waals surface area contributed by atoms with Crippen molar-refractivity contribution in [3.05, 3.63) is 0 Å². The topological polar surface area (TPSA) is 95.9 Å². The van der Waals surface area contributed by atoms with E-state index in [2.05, 4.69) is 10.1 Å². The Morgan fingerprint density at radius 3 is 2.52 bits per heavy atom. The van der Waals surface area contributed by atoms with Gasteiger partial charge in [0.2, 0.25) is 5.91 Å². The molecule has 1 saturated carbocycles. The predicted molar refractivity (Wildman–Crippen MR) is 73.5 cm³/mol. The highest BCUT2D eigenvalue weighted by atomic mass is 16.5. The number of nitrogens with zero attached hydrogens (tertiary/aromatic N) is 1. The number of carboxylic acid groups (broad SMARTS) is 1. The van der Waals surface area contributed by atoms with E-state index in [1.54, 1.807) is 4.90 Å². The van der Waals surface area contributed by atoms with E-state index in [9.17, 15) is 19.5 Å². The molecular weight excluding hydrogens is 276 g/mol. The summed E-state index contributed by atoms with van der Waals surface area (Å²) >= 11 is 0. The SMILES string of the molecule is COC(=O)NC1CCN(C(=O)[C@H]2CC(C)C[C@H]2C(=O)O)C1. The molecule has 2 N–H and O–H groups in total. The van der Waals surface area contributed by atoms with Gasteiger partial charge in [-0.3, -0.25) is 9.59 Å². The van der Waals surface area contributed by atoms with Crippen LogP contribution in [0.15, 0.2) is 0 Å². The van der Waals surface area contributed by atoms with Gasteiger partial charge >= 0.3 is 12.1 Å². The normalized spacial score (nSPS) is 32.0. The van der Waals surface area contributed by atoms with Crippen LogP contribution in [0, 0.1) is 17.8 Å². The third kappa shape index (κ3) is 3.46. The van der Waals surface area contributed by atoms with E-state index < -0.39 is 23.9 Å². The van der Waals surface area contributed by atoms with Crippen molar-refractivity contribution in [2.24, 2.45) is 17.8 Å². The summed E-state index contributed by atoms with van der Waals surface area (Å²) in [7, 11) is 1.30. The van der Waals surface area contributed by atoms with Crippen LogP contribution in [0.5, 0.6) is 0 Å². The third-order valence-corrected chi connectivity index (χ3v) is 4.44. The molecule has 1 heterocycles. The smallest absolute Gasteiger partial charge is 0.407 e. The van der Waals surface area contributed by atoms with E-state index >= 15 is 0 Å². The first kappa shape index (κ1) is 15.6. The number of carbonyl (C=O) groups is 3. The molecule has 7 heteroatoms. The van der Waals surface area contributed by atoms with Crippen molar-refractivity contribution < 1.29 is 24.2 Å². The monoisotopic (exact) mass is 298 g/mol. The summed E-state index contributed by atoms with van der Waals surface area (Å²) in [6.45, 7) is 2.95. The highest BCUT2D eigenvalue weighted by Gasteiger charge is 2.44. The van der Waals surface area contributed by atoms with Gasteiger partial charge in [-0.05, 0) is 25.2 Å². The molecule has 4 atom stereocenters. The molecule has 1 aliphatic heterocycles. The number of hydrogen-bond donors (Lipinski definition) is 2. The fourth-order valence-electron chi connectivity index (χ4n) is 3.38. The Hall–Kier alpha value is -1.79. The summed E-state index contributed by atoms with van der Waals surface area (Å²) in [4.78, 5) is 36.6. The van der Waals surface area contributed by atoms with Crippen molar-refractivity contribution in [1.29, 1.82) is 0 Å². The number of nitrogens with one attached hydrogen (secondary N) is 1. The molecule has 2 unspecified atom stereocenters. The lowest BCUT2D eigenvalue weighted by molar-refractivity contribution is -0.148. The number of hydrogen-bond acceptors (Lipinski definition) is 4. The Labute approximate surface area is 123 Å². The number of carbonyl (C=O) groups excluding carboxylic acids is 2. The fourth-order valence-corrected chi connectivity index (χ4v) is 3.38. The van der Waals surface area contributed by atoms with E-state index in [1.807, 2.05) is 6.92 Å². The lowest BCUT2D eigenvalue weighted by atomic mass is 9.95. The molecular formula is C14H22N2O5. The van der Waals surface area contributed by atoms with Crippen molar-refractivity contribution in [2.75, 3.05) is 20.2 Å². The van der Waals surface area contributed by atoms with Crippen molar-refractivity contribution in [3.8, 4) is 0 Å². The standard InChI is InChI=1S/C14H22N2O5/c1-8-5-10(11(6-8)13(18)19)12(17)16-4-3-9(7-16)15-14(20)21-2/h8-11H,3-7H2,1-2H3,(H,15,20)(H,18,19)/t8?,9?,10-,11+/m0/s1. The Balaban J connectivity index is 1.95. The molecule has 0 aromatic heterocycles. The minimum atomic E-state index is -0.888. The van der Waals surface area contributed by atoms with Crippen LogP contribution in [0.25, 0.3) is 0 Å². The molecule has 1 aliphatic carbocycles. The van der Waals surface area contributed by atoms with E-state index in [-0.39, 0.29) is 17.9 Å². The summed E-state index contributed by atoms with van der Waals surface area (Å²) < 4.78 is 4.54. The Morgan fingerprint density at radius 2 is 1.90 bits per heavy atom. The molecule has 0 aromatic carbocycles. The van der Waals surface area contributed by atoms with Crippen molar-refractivity contribution >= 4 is 18.0 Å². The third-order valence-electron chi connectivity index (χ3n) is 4.44. The molecule has 2 fully saturated rings. The molecule has 1 saturated heterocycles. The first-order valence-electron chi connectivity index (χ1n) is 7.28. The molecule has 2 rings (SSSR count). The van der Waals surface area contributed by atoms with Crippen LogP contribution < -0.4 is 5.32 Å². The van der Waals surface area contributed by atoms with Gasteiger partial charge in [-0.1, -0.05) is 6.92 Å². The van der Waals surface area contributed by atoms with Crippen molar-refractivity contribution in [3.63, 3.8) is 0 Å². The van der Waals surface area contributed by atoms with E-state index in [0.717, 1.165) is 0 Å². The average Bonchev–Trinajstić information content (AvgIpc) is 3.04. The van der Waals surface area contributed by atoms with Crippen molar-refractivity contribution in [1.82, 2.24) is 10.2 Å². The van der Waals surface area contributed by atoms with Crippen LogP contribution in [-0.4, -0.2) is 54.2 Å². The highest BCUT2D eigenvalue weighted by molar-refractivity contribution is 5.85. The number of rotatable bonds is 3.